The van der Waals surface area contributed by atoms with Crippen LogP contribution in [0, 0.1) is 0 Å². The van der Waals surface area contributed by atoms with Crippen molar-refractivity contribution < 1.29 is 8.42 Å². The van der Waals surface area contributed by atoms with Crippen molar-refractivity contribution in [1.82, 2.24) is 9.29 Å². The summed E-state index contributed by atoms with van der Waals surface area (Å²) in [5.74, 6) is 0.760. The molecule has 0 radical (unpaired) electrons. The molecule has 108 valence electrons. The van der Waals surface area contributed by atoms with Crippen LogP contribution in [-0.2, 0) is 10.0 Å². The fourth-order valence-corrected chi connectivity index (χ4v) is 3.32. The fourth-order valence-electron chi connectivity index (χ4n) is 2.02. The minimum absolute atomic E-state index is 0.306. The first-order chi connectivity index (χ1) is 9.48. The van der Waals surface area contributed by atoms with E-state index in [2.05, 4.69) is 10.3 Å². The average Bonchev–Trinajstić information content (AvgIpc) is 2.46. The van der Waals surface area contributed by atoms with E-state index in [-0.39, 0.29) is 0 Å². The van der Waals surface area contributed by atoms with Crippen molar-refractivity contribution in [3.63, 3.8) is 0 Å². The minimum Gasteiger partial charge on any atom is -0.373 e. The first-order valence-electron chi connectivity index (χ1n) is 6.54. The number of nitrogens with zero attached hydrogens (tertiary/aromatic N) is 2. The van der Waals surface area contributed by atoms with Crippen LogP contribution in [0.3, 0.4) is 0 Å². The van der Waals surface area contributed by atoms with Crippen molar-refractivity contribution in [1.29, 1.82) is 0 Å². The molecular weight excluding hydrogens is 274 g/mol. The van der Waals surface area contributed by atoms with E-state index >= 15 is 0 Å². The summed E-state index contributed by atoms with van der Waals surface area (Å²) in [6.07, 6.45) is 0.788. The van der Waals surface area contributed by atoms with Gasteiger partial charge in [-0.1, -0.05) is 6.92 Å². The number of nitrogens with one attached hydrogen (secondary N) is 1. The van der Waals surface area contributed by atoms with Crippen LogP contribution in [0.4, 0.5) is 5.82 Å². The molecule has 2 rings (SSSR count). The number of rotatable bonds is 5. The highest BCUT2D eigenvalue weighted by Crippen LogP contribution is 2.21. The van der Waals surface area contributed by atoms with Gasteiger partial charge in [0.25, 0.3) is 0 Å². The molecule has 0 saturated heterocycles. The van der Waals surface area contributed by atoms with Gasteiger partial charge in [-0.3, -0.25) is 0 Å². The second kappa shape index (κ2) is 5.76. The smallest absolute Gasteiger partial charge is 0.242 e. The van der Waals surface area contributed by atoms with Gasteiger partial charge in [0.05, 0.1) is 10.4 Å². The Labute approximate surface area is 119 Å². The number of benzene rings is 1. The van der Waals surface area contributed by atoms with Gasteiger partial charge in [0.2, 0.25) is 10.0 Å². The number of fused-ring (bicyclic) bond motifs is 1. The molecule has 0 bridgehead atoms. The summed E-state index contributed by atoms with van der Waals surface area (Å²) < 4.78 is 26.1. The van der Waals surface area contributed by atoms with Gasteiger partial charge in [0.1, 0.15) is 5.82 Å². The molecule has 0 unspecified atom stereocenters. The summed E-state index contributed by atoms with van der Waals surface area (Å²) in [6, 6.07) is 8.71. The van der Waals surface area contributed by atoms with Crippen molar-refractivity contribution >= 4 is 26.7 Å². The van der Waals surface area contributed by atoms with E-state index in [4.69, 9.17) is 0 Å². The number of aromatic nitrogens is 1. The topological polar surface area (TPSA) is 62.3 Å². The van der Waals surface area contributed by atoms with Gasteiger partial charge >= 0.3 is 0 Å². The standard InChI is InChI=1S/C14H19N3O2S/c1-4-9-17(3)20(18,19)12-6-7-13-11(10-12)5-8-14(15-2)16-13/h5-8,10H,4,9H2,1-3H3,(H,15,16). The predicted octanol–water partition coefficient (Wildman–Crippen LogP) is 2.31. The van der Waals surface area contributed by atoms with Gasteiger partial charge in [0.15, 0.2) is 0 Å². The molecule has 1 heterocycles. The Morgan fingerprint density at radius 3 is 2.65 bits per heavy atom. The van der Waals surface area contributed by atoms with E-state index in [1.54, 1.807) is 32.3 Å². The van der Waals surface area contributed by atoms with Crippen molar-refractivity contribution in [2.24, 2.45) is 0 Å². The van der Waals surface area contributed by atoms with E-state index in [0.29, 0.717) is 11.4 Å². The van der Waals surface area contributed by atoms with Crippen LogP contribution in [0.2, 0.25) is 0 Å². The molecule has 0 aliphatic rings. The van der Waals surface area contributed by atoms with Gasteiger partial charge in [-0.15, -0.1) is 0 Å². The lowest BCUT2D eigenvalue weighted by atomic mass is 10.2. The molecule has 1 aromatic carbocycles. The summed E-state index contributed by atoms with van der Waals surface area (Å²) in [6.45, 7) is 2.47. The highest BCUT2D eigenvalue weighted by molar-refractivity contribution is 7.89. The SMILES string of the molecule is CCCN(C)S(=O)(=O)c1ccc2nc(NC)ccc2c1. The lowest BCUT2D eigenvalue weighted by Gasteiger charge is -2.16. The largest absolute Gasteiger partial charge is 0.373 e. The molecule has 0 aliphatic carbocycles. The average molecular weight is 293 g/mol. The summed E-state index contributed by atoms with van der Waals surface area (Å²) >= 11 is 0. The van der Waals surface area contributed by atoms with Gasteiger partial charge in [-0.25, -0.2) is 17.7 Å². The normalized spacial score (nSPS) is 12.0. The van der Waals surface area contributed by atoms with Gasteiger partial charge in [0, 0.05) is 26.0 Å². The molecule has 20 heavy (non-hydrogen) atoms. The van der Waals surface area contributed by atoms with Crippen LogP contribution >= 0.6 is 0 Å². The van der Waals surface area contributed by atoms with Crippen LogP contribution in [0.5, 0.6) is 0 Å². The van der Waals surface area contributed by atoms with Crippen molar-refractivity contribution in [3.05, 3.63) is 30.3 Å². The summed E-state index contributed by atoms with van der Waals surface area (Å²) in [5.41, 5.74) is 0.772. The number of hydrogen-bond acceptors (Lipinski definition) is 4. The second-order valence-corrected chi connectivity index (χ2v) is 6.67. The van der Waals surface area contributed by atoms with Crippen molar-refractivity contribution in [3.8, 4) is 0 Å². The van der Waals surface area contributed by atoms with E-state index in [1.165, 1.54) is 4.31 Å². The van der Waals surface area contributed by atoms with E-state index < -0.39 is 10.0 Å². The van der Waals surface area contributed by atoms with Crippen LogP contribution in [0.25, 0.3) is 10.9 Å². The van der Waals surface area contributed by atoms with E-state index in [0.717, 1.165) is 23.1 Å². The third kappa shape index (κ3) is 2.76. The number of hydrogen-bond donors (Lipinski definition) is 1. The lowest BCUT2D eigenvalue weighted by molar-refractivity contribution is 0.468. The Kier molecular flexibility index (Phi) is 4.25. The maximum Gasteiger partial charge on any atom is 0.242 e. The Balaban J connectivity index is 2.46. The lowest BCUT2D eigenvalue weighted by Crippen LogP contribution is -2.27. The summed E-state index contributed by atoms with van der Waals surface area (Å²) in [4.78, 5) is 4.68. The molecule has 0 fully saturated rings. The molecule has 5 nitrogen and oxygen atoms in total. The molecule has 0 amide bonds. The zero-order chi connectivity index (χ0) is 14.8. The maximum atomic E-state index is 12.4. The second-order valence-electron chi connectivity index (χ2n) is 4.63. The van der Waals surface area contributed by atoms with Gasteiger partial charge in [-0.05, 0) is 36.8 Å². The van der Waals surface area contributed by atoms with Crippen LogP contribution in [0.1, 0.15) is 13.3 Å². The van der Waals surface area contributed by atoms with E-state index in [9.17, 15) is 8.42 Å². The molecule has 0 aliphatic heterocycles. The molecule has 6 heteroatoms. The minimum atomic E-state index is -3.42. The quantitative estimate of drug-likeness (QED) is 0.919. The molecule has 2 aromatic rings. The first kappa shape index (κ1) is 14.7. The third-order valence-corrected chi connectivity index (χ3v) is 5.02. The van der Waals surface area contributed by atoms with E-state index in [1.807, 2.05) is 19.1 Å². The Hall–Kier alpha value is -1.66. The highest BCUT2D eigenvalue weighted by Gasteiger charge is 2.20. The molecular formula is C14H19N3O2S. The van der Waals surface area contributed by atoms with Crippen molar-refractivity contribution in [2.45, 2.75) is 18.2 Å². The van der Waals surface area contributed by atoms with Gasteiger partial charge in [-0.2, -0.15) is 0 Å². The maximum absolute atomic E-state index is 12.4. The molecule has 1 aromatic heterocycles. The van der Waals surface area contributed by atoms with Crippen molar-refractivity contribution in [2.75, 3.05) is 26.0 Å². The fraction of sp³-hybridized carbons (Fsp3) is 0.357. The van der Waals surface area contributed by atoms with Crippen LogP contribution in [-0.4, -0.2) is 38.3 Å². The predicted molar refractivity (Wildman–Crippen MR) is 81.4 cm³/mol. The highest BCUT2D eigenvalue weighted by atomic mass is 32.2. The number of pyridine rings is 1. The van der Waals surface area contributed by atoms with Gasteiger partial charge < -0.3 is 5.32 Å². The summed E-state index contributed by atoms with van der Waals surface area (Å²) in [5, 5.41) is 3.78. The zero-order valence-electron chi connectivity index (χ0n) is 11.9. The number of anilines is 1. The third-order valence-electron chi connectivity index (χ3n) is 3.16. The monoisotopic (exact) mass is 293 g/mol. The summed E-state index contributed by atoms with van der Waals surface area (Å²) in [7, 11) is -0.0175. The van der Waals surface area contributed by atoms with Crippen LogP contribution < -0.4 is 5.32 Å². The Morgan fingerprint density at radius 2 is 2.00 bits per heavy atom. The number of sulfonamides is 1. The Bertz CT molecular complexity index is 713. The molecule has 1 N–H and O–H groups in total. The molecule has 0 spiro atoms. The molecule has 0 saturated carbocycles. The zero-order valence-corrected chi connectivity index (χ0v) is 12.7. The molecule has 0 atom stereocenters. The Morgan fingerprint density at radius 1 is 1.25 bits per heavy atom. The first-order valence-corrected chi connectivity index (χ1v) is 7.98. The van der Waals surface area contributed by atoms with Crippen LogP contribution in [0.15, 0.2) is 35.2 Å².